The molecule has 0 radical (unpaired) electrons. The second-order valence-corrected chi connectivity index (χ2v) is 3.49. The molecule has 7 heteroatoms. The second kappa shape index (κ2) is 7.53. The molecule has 0 fully saturated rings. The van der Waals surface area contributed by atoms with Crippen LogP contribution in [0.5, 0.6) is 0 Å². The minimum atomic E-state index is -1.37. The number of carbonyl (C=O) groups excluding carboxylic acids is 1. The molecule has 0 aliphatic heterocycles. The first-order valence-corrected chi connectivity index (χ1v) is 4.92. The standard InChI is InChI=1S/C9H19NO6/c1-5(10-6(2)13)9(15)16-8(4-12)7(14)3-11/h5,7-9,11-12,14-15H,3-4H2,1-2H3,(H,10,13)/t5-,7-,8-,9?/m1/s1. The molecule has 0 aromatic heterocycles. The van der Waals surface area contributed by atoms with Gasteiger partial charge in [0.05, 0.1) is 19.3 Å². The molecule has 0 aromatic rings. The summed E-state index contributed by atoms with van der Waals surface area (Å²) in [4.78, 5) is 10.7. The Kier molecular flexibility index (Phi) is 7.18. The van der Waals surface area contributed by atoms with E-state index in [-0.39, 0.29) is 5.91 Å². The van der Waals surface area contributed by atoms with Crippen molar-refractivity contribution in [2.45, 2.75) is 38.4 Å². The summed E-state index contributed by atoms with van der Waals surface area (Å²) in [5.74, 6) is -0.335. The van der Waals surface area contributed by atoms with Gasteiger partial charge in [0, 0.05) is 6.92 Å². The molecule has 1 unspecified atom stereocenters. The zero-order valence-corrected chi connectivity index (χ0v) is 9.33. The lowest BCUT2D eigenvalue weighted by Gasteiger charge is -2.26. The first kappa shape index (κ1) is 15.3. The average molecular weight is 237 g/mol. The number of carbonyl (C=O) groups is 1. The van der Waals surface area contributed by atoms with Gasteiger partial charge in [-0.1, -0.05) is 0 Å². The Morgan fingerprint density at radius 2 is 1.88 bits per heavy atom. The molecule has 0 spiro atoms. The van der Waals surface area contributed by atoms with Gasteiger partial charge >= 0.3 is 0 Å². The van der Waals surface area contributed by atoms with Crippen LogP contribution < -0.4 is 5.32 Å². The van der Waals surface area contributed by atoms with Crippen LogP contribution in [0.25, 0.3) is 0 Å². The third-order valence-corrected chi connectivity index (χ3v) is 1.97. The fraction of sp³-hybridized carbons (Fsp3) is 0.889. The van der Waals surface area contributed by atoms with Crippen molar-refractivity contribution in [1.29, 1.82) is 0 Å². The summed E-state index contributed by atoms with van der Waals surface area (Å²) >= 11 is 0. The van der Waals surface area contributed by atoms with Gasteiger partial charge < -0.3 is 30.5 Å². The lowest BCUT2D eigenvalue weighted by molar-refractivity contribution is -0.191. The van der Waals surface area contributed by atoms with Crippen LogP contribution in [0.4, 0.5) is 0 Å². The van der Waals surface area contributed by atoms with E-state index < -0.39 is 37.8 Å². The summed E-state index contributed by atoms with van der Waals surface area (Å²) < 4.78 is 4.90. The first-order chi connectivity index (χ1) is 7.42. The van der Waals surface area contributed by atoms with E-state index in [1.165, 1.54) is 13.8 Å². The van der Waals surface area contributed by atoms with E-state index in [2.05, 4.69) is 5.32 Å². The van der Waals surface area contributed by atoms with Gasteiger partial charge in [0.1, 0.15) is 12.2 Å². The molecule has 0 aliphatic carbocycles. The van der Waals surface area contributed by atoms with Crippen LogP contribution in [-0.2, 0) is 9.53 Å². The summed E-state index contributed by atoms with van der Waals surface area (Å²) in [6.07, 6.45) is -3.76. The van der Waals surface area contributed by atoms with E-state index in [1.54, 1.807) is 0 Å². The molecule has 0 aliphatic rings. The molecule has 96 valence electrons. The highest BCUT2D eigenvalue weighted by Gasteiger charge is 2.25. The van der Waals surface area contributed by atoms with Crippen molar-refractivity contribution in [3.8, 4) is 0 Å². The van der Waals surface area contributed by atoms with E-state index in [0.717, 1.165) is 0 Å². The molecule has 1 amide bonds. The topological polar surface area (TPSA) is 119 Å². The van der Waals surface area contributed by atoms with Gasteiger partial charge in [-0.2, -0.15) is 0 Å². The number of hydrogen-bond donors (Lipinski definition) is 5. The Morgan fingerprint density at radius 1 is 1.31 bits per heavy atom. The van der Waals surface area contributed by atoms with Crippen molar-refractivity contribution < 1.29 is 30.0 Å². The molecule has 0 aromatic carbocycles. The van der Waals surface area contributed by atoms with Crippen molar-refractivity contribution >= 4 is 5.91 Å². The van der Waals surface area contributed by atoms with E-state index in [9.17, 15) is 15.0 Å². The number of aliphatic hydroxyl groups is 4. The van der Waals surface area contributed by atoms with Crippen molar-refractivity contribution in [3.05, 3.63) is 0 Å². The highest BCUT2D eigenvalue weighted by molar-refractivity contribution is 5.73. The van der Waals surface area contributed by atoms with Crippen LogP contribution >= 0.6 is 0 Å². The Bertz CT molecular complexity index is 212. The van der Waals surface area contributed by atoms with Gasteiger partial charge in [0.25, 0.3) is 0 Å². The van der Waals surface area contributed by atoms with Crippen LogP contribution in [0.3, 0.4) is 0 Å². The Hall–Kier alpha value is -0.730. The quantitative estimate of drug-likeness (QED) is 0.314. The molecule has 5 N–H and O–H groups in total. The molecule has 0 bridgehead atoms. The Labute approximate surface area is 93.7 Å². The van der Waals surface area contributed by atoms with E-state index in [4.69, 9.17) is 14.9 Å². The number of rotatable bonds is 7. The second-order valence-electron chi connectivity index (χ2n) is 3.49. The number of ether oxygens (including phenoxy) is 1. The van der Waals surface area contributed by atoms with Crippen molar-refractivity contribution in [3.63, 3.8) is 0 Å². The fourth-order valence-electron chi connectivity index (χ4n) is 1.06. The molecule has 0 saturated heterocycles. The smallest absolute Gasteiger partial charge is 0.217 e. The summed E-state index contributed by atoms with van der Waals surface area (Å²) in [6, 6.07) is -0.683. The van der Waals surface area contributed by atoms with E-state index in [1.807, 2.05) is 0 Å². The SMILES string of the molecule is CC(=O)N[C@H](C)C(O)O[C@H](CO)[C@H](O)CO. The highest BCUT2D eigenvalue weighted by atomic mass is 16.6. The van der Waals surface area contributed by atoms with Crippen molar-refractivity contribution in [1.82, 2.24) is 5.32 Å². The predicted molar refractivity (Wildman–Crippen MR) is 54.3 cm³/mol. The van der Waals surface area contributed by atoms with Gasteiger partial charge in [-0.05, 0) is 6.92 Å². The maximum Gasteiger partial charge on any atom is 0.217 e. The Balaban J connectivity index is 4.18. The maximum atomic E-state index is 10.7. The van der Waals surface area contributed by atoms with Crippen LogP contribution in [0.1, 0.15) is 13.8 Å². The zero-order valence-electron chi connectivity index (χ0n) is 9.33. The van der Waals surface area contributed by atoms with Gasteiger partial charge in [-0.3, -0.25) is 4.79 Å². The van der Waals surface area contributed by atoms with Crippen molar-refractivity contribution in [2.24, 2.45) is 0 Å². The molecule has 0 heterocycles. The predicted octanol–water partition coefficient (Wildman–Crippen LogP) is -2.44. The summed E-state index contributed by atoms with van der Waals surface area (Å²) in [7, 11) is 0. The fourth-order valence-corrected chi connectivity index (χ4v) is 1.06. The maximum absolute atomic E-state index is 10.7. The lowest BCUT2D eigenvalue weighted by Crippen LogP contribution is -2.46. The van der Waals surface area contributed by atoms with E-state index >= 15 is 0 Å². The lowest BCUT2D eigenvalue weighted by atomic mass is 10.2. The van der Waals surface area contributed by atoms with Crippen LogP contribution in [0.15, 0.2) is 0 Å². The monoisotopic (exact) mass is 237 g/mol. The average Bonchev–Trinajstić information content (AvgIpc) is 2.23. The molecule has 0 rings (SSSR count). The Morgan fingerprint density at radius 3 is 2.25 bits per heavy atom. The zero-order chi connectivity index (χ0) is 12.7. The molecular formula is C9H19NO6. The van der Waals surface area contributed by atoms with Gasteiger partial charge in [-0.25, -0.2) is 0 Å². The summed E-state index contributed by atoms with van der Waals surface area (Å²) in [6.45, 7) is 1.65. The van der Waals surface area contributed by atoms with Gasteiger partial charge in [-0.15, -0.1) is 0 Å². The minimum absolute atomic E-state index is 0.335. The van der Waals surface area contributed by atoms with Crippen LogP contribution in [0.2, 0.25) is 0 Å². The first-order valence-electron chi connectivity index (χ1n) is 4.92. The number of aliphatic hydroxyl groups excluding tert-OH is 4. The minimum Gasteiger partial charge on any atom is -0.394 e. The van der Waals surface area contributed by atoms with Gasteiger partial charge in [0.2, 0.25) is 5.91 Å². The van der Waals surface area contributed by atoms with Gasteiger partial charge in [0.15, 0.2) is 6.29 Å². The van der Waals surface area contributed by atoms with Crippen molar-refractivity contribution in [2.75, 3.05) is 13.2 Å². The molecule has 16 heavy (non-hydrogen) atoms. The largest absolute Gasteiger partial charge is 0.394 e. The molecular weight excluding hydrogens is 218 g/mol. The third-order valence-electron chi connectivity index (χ3n) is 1.97. The van der Waals surface area contributed by atoms with E-state index in [0.29, 0.717) is 0 Å². The molecule has 4 atom stereocenters. The molecule has 7 nitrogen and oxygen atoms in total. The number of nitrogens with one attached hydrogen (secondary N) is 1. The van der Waals surface area contributed by atoms with Crippen LogP contribution in [0, 0.1) is 0 Å². The third kappa shape index (κ3) is 5.38. The summed E-state index contributed by atoms with van der Waals surface area (Å²) in [5.41, 5.74) is 0. The van der Waals surface area contributed by atoms with Crippen LogP contribution in [-0.4, -0.2) is 64.1 Å². The highest BCUT2D eigenvalue weighted by Crippen LogP contribution is 2.05. The number of hydrogen-bond acceptors (Lipinski definition) is 6. The summed E-state index contributed by atoms with van der Waals surface area (Å²) in [5, 5.41) is 38.5. The normalized spacial score (nSPS) is 18.6. The molecule has 0 saturated carbocycles. The number of amides is 1.